The van der Waals surface area contributed by atoms with Crippen molar-refractivity contribution in [3.63, 3.8) is 0 Å². The second kappa shape index (κ2) is 8.54. The highest BCUT2D eigenvalue weighted by molar-refractivity contribution is 7.99. The van der Waals surface area contributed by atoms with Crippen molar-refractivity contribution >= 4 is 23.6 Å². The van der Waals surface area contributed by atoms with Crippen LogP contribution in [-0.4, -0.2) is 39.3 Å². The van der Waals surface area contributed by atoms with Crippen LogP contribution in [0.4, 0.5) is 0 Å². The van der Waals surface area contributed by atoms with Crippen molar-refractivity contribution in [3.8, 4) is 0 Å². The zero-order valence-electron chi connectivity index (χ0n) is 13.7. The molecular weight excluding hydrogens is 328 g/mol. The fourth-order valence-corrected chi connectivity index (χ4v) is 3.31. The molecule has 0 fully saturated rings. The number of carboxylic acid groups (broad SMARTS) is 1. The lowest BCUT2D eigenvalue weighted by Gasteiger charge is -2.20. The molecule has 1 aromatic carbocycles. The summed E-state index contributed by atoms with van der Waals surface area (Å²) in [5.74, 6) is 0.357. The van der Waals surface area contributed by atoms with Crippen LogP contribution in [0, 0.1) is 13.8 Å². The molecule has 0 aliphatic rings. The van der Waals surface area contributed by atoms with E-state index in [0.29, 0.717) is 5.75 Å². The third-order valence-electron chi connectivity index (χ3n) is 3.55. The number of aliphatic carboxylic acids is 1. The van der Waals surface area contributed by atoms with Gasteiger partial charge in [0.05, 0.1) is 11.4 Å². The number of thioether (sulfide) groups is 1. The third kappa shape index (κ3) is 5.13. The Morgan fingerprint density at radius 1 is 1.25 bits per heavy atom. The van der Waals surface area contributed by atoms with Crippen LogP contribution >= 0.6 is 11.8 Å². The summed E-state index contributed by atoms with van der Waals surface area (Å²) in [7, 11) is 0. The lowest BCUT2D eigenvalue weighted by molar-refractivity contribution is -0.143. The third-order valence-corrected chi connectivity index (χ3v) is 4.49. The molecule has 0 saturated carbocycles. The van der Waals surface area contributed by atoms with E-state index in [9.17, 15) is 9.59 Å². The molecule has 1 N–H and O–H groups in total. The quantitative estimate of drug-likeness (QED) is 0.789. The Bertz CT molecular complexity index is 680. The normalized spacial score (nSPS) is 10.6. The van der Waals surface area contributed by atoms with E-state index in [0.717, 1.165) is 22.6 Å². The highest BCUT2D eigenvalue weighted by atomic mass is 32.2. The van der Waals surface area contributed by atoms with Crippen LogP contribution in [0.25, 0.3) is 0 Å². The van der Waals surface area contributed by atoms with Gasteiger partial charge in [0.2, 0.25) is 5.91 Å². The number of amides is 1. The van der Waals surface area contributed by atoms with E-state index in [4.69, 9.17) is 9.63 Å². The smallest absolute Gasteiger partial charge is 0.323 e. The first kappa shape index (κ1) is 18.1. The van der Waals surface area contributed by atoms with Gasteiger partial charge in [-0.05, 0) is 19.4 Å². The lowest BCUT2D eigenvalue weighted by atomic mass is 10.2. The van der Waals surface area contributed by atoms with E-state index >= 15 is 0 Å². The molecule has 0 aliphatic carbocycles. The first-order valence-electron chi connectivity index (χ1n) is 7.50. The van der Waals surface area contributed by atoms with E-state index < -0.39 is 5.97 Å². The number of carboxylic acids is 1. The summed E-state index contributed by atoms with van der Waals surface area (Å²) in [6, 6.07) is 9.36. The summed E-state index contributed by atoms with van der Waals surface area (Å²) in [6.07, 6.45) is 0. The summed E-state index contributed by atoms with van der Waals surface area (Å²) >= 11 is 1.43. The number of nitrogens with zero attached hydrogens (tertiary/aromatic N) is 2. The van der Waals surface area contributed by atoms with Crippen molar-refractivity contribution in [1.82, 2.24) is 10.1 Å². The standard InChI is InChI=1S/C17H20N2O4S/c1-12-15(13(2)23-18-12)10-24-11-16(20)19(9-17(21)22)8-14-6-4-3-5-7-14/h3-7H,8-11H2,1-2H3,(H,21,22). The molecule has 2 rings (SSSR count). The van der Waals surface area contributed by atoms with Gasteiger partial charge in [0, 0.05) is 17.9 Å². The number of aryl methyl sites for hydroxylation is 2. The second-order valence-electron chi connectivity index (χ2n) is 5.42. The molecule has 0 spiro atoms. The predicted octanol–water partition coefficient (Wildman–Crippen LogP) is 2.64. The molecule has 0 unspecified atom stereocenters. The van der Waals surface area contributed by atoms with Crippen molar-refractivity contribution in [2.24, 2.45) is 0 Å². The van der Waals surface area contributed by atoms with E-state index in [1.54, 1.807) is 0 Å². The Hall–Kier alpha value is -2.28. The maximum atomic E-state index is 12.4. The molecule has 1 aromatic heterocycles. The number of rotatable bonds is 8. The molecule has 0 bridgehead atoms. The molecule has 1 amide bonds. The second-order valence-corrected chi connectivity index (χ2v) is 6.41. The van der Waals surface area contributed by atoms with Gasteiger partial charge in [-0.25, -0.2) is 0 Å². The van der Waals surface area contributed by atoms with Gasteiger partial charge >= 0.3 is 5.97 Å². The van der Waals surface area contributed by atoms with Gasteiger partial charge < -0.3 is 14.5 Å². The summed E-state index contributed by atoms with van der Waals surface area (Å²) < 4.78 is 5.10. The summed E-state index contributed by atoms with van der Waals surface area (Å²) in [5.41, 5.74) is 2.71. The molecule has 0 aliphatic heterocycles. The average molecular weight is 348 g/mol. The minimum absolute atomic E-state index is 0.196. The maximum absolute atomic E-state index is 12.4. The SMILES string of the molecule is Cc1noc(C)c1CSCC(=O)N(CC(=O)O)Cc1ccccc1. The predicted molar refractivity (Wildman–Crippen MR) is 91.6 cm³/mol. The number of aromatic nitrogens is 1. The Labute approximate surface area is 144 Å². The van der Waals surface area contributed by atoms with Gasteiger partial charge in [0.1, 0.15) is 12.3 Å². The van der Waals surface area contributed by atoms with E-state index in [2.05, 4.69) is 5.16 Å². The molecule has 24 heavy (non-hydrogen) atoms. The van der Waals surface area contributed by atoms with E-state index in [1.165, 1.54) is 16.7 Å². The molecular formula is C17H20N2O4S. The Morgan fingerprint density at radius 3 is 2.54 bits per heavy atom. The van der Waals surface area contributed by atoms with Crippen molar-refractivity contribution < 1.29 is 19.2 Å². The monoisotopic (exact) mass is 348 g/mol. The van der Waals surface area contributed by atoms with Gasteiger partial charge in [-0.15, -0.1) is 11.8 Å². The highest BCUT2D eigenvalue weighted by Gasteiger charge is 2.18. The minimum Gasteiger partial charge on any atom is -0.480 e. The van der Waals surface area contributed by atoms with Crippen molar-refractivity contribution in [2.75, 3.05) is 12.3 Å². The van der Waals surface area contributed by atoms with Crippen LogP contribution in [-0.2, 0) is 21.9 Å². The van der Waals surface area contributed by atoms with Crippen LogP contribution in [0.5, 0.6) is 0 Å². The number of carbonyl (C=O) groups excluding carboxylic acids is 1. The van der Waals surface area contributed by atoms with Gasteiger partial charge in [-0.1, -0.05) is 35.5 Å². The highest BCUT2D eigenvalue weighted by Crippen LogP contribution is 2.20. The van der Waals surface area contributed by atoms with Crippen molar-refractivity contribution in [2.45, 2.75) is 26.1 Å². The fraction of sp³-hybridized carbons (Fsp3) is 0.353. The number of hydrogen-bond donors (Lipinski definition) is 1. The van der Waals surface area contributed by atoms with Crippen molar-refractivity contribution in [3.05, 3.63) is 52.9 Å². The zero-order chi connectivity index (χ0) is 17.5. The molecule has 0 radical (unpaired) electrons. The topological polar surface area (TPSA) is 83.6 Å². The van der Waals surface area contributed by atoms with Crippen LogP contribution in [0.1, 0.15) is 22.6 Å². The maximum Gasteiger partial charge on any atom is 0.323 e. The van der Waals surface area contributed by atoms with Crippen LogP contribution < -0.4 is 0 Å². The van der Waals surface area contributed by atoms with Gasteiger partial charge in [-0.3, -0.25) is 9.59 Å². The Morgan fingerprint density at radius 2 is 1.96 bits per heavy atom. The van der Waals surface area contributed by atoms with Gasteiger partial charge in [0.25, 0.3) is 0 Å². The number of benzene rings is 1. The summed E-state index contributed by atoms with van der Waals surface area (Å²) in [4.78, 5) is 24.8. The number of hydrogen-bond acceptors (Lipinski definition) is 5. The molecule has 2 aromatic rings. The summed E-state index contributed by atoms with van der Waals surface area (Å²) in [5, 5.41) is 12.9. The van der Waals surface area contributed by atoms with E-state index in [1.807, 2.05) is 44.2 Å². The molecule has 1 heterocycles. The number of carbonyl (C=O) groups is 2. The van der Waals surface area contributed by atoms with Crippen LogP contribution in [0.2, 0.25) is 0 Å². The molecule has 128 valence electrons. The molecule has 0 saturated heterocycles. The molecule has 0 atom stereocenters. The molecule has 7 heteroatoms. The Kier molecular flexibility index (Phi) is 6.43. The van der Waals surface area contributed by atoms with E-state index in [-0.39, 0.29) is 24.7 Å². The van der Waals surface area contributed by atoms with Gasteiger partial charge in [0.15, 0.2) is 0 Å². The zero-order valence-corrected chi connectivity index (χ0v) is 14.5. The van der Waals surface area contributed by atoms with Crippen LogP contribution in [0.15, 0.2) is 34.9 Å². The van der Waals surface area contributed by atoms with Crippen molar-refractivity contribution in [1.29, 1.82) is 0 Å². The first-order valence-corrected chi connectivity index (χ1v) is 8.66. The van der Waals surface area contributed by atoms with Crippen LogP contribution in [0.3, 0.4) is 0 Å². The first-order chi connectivity index (χ1) is 11.5. The Balaban J connectivity index is 1.93. The lowest BCUT2D eigenvalue weighted by Crippen LogP contribution is -2.36. The molecule has 6 nitrogen and oxygen atoms in total. The van der Waals surface area contributed by atoms with Gasteiger partial charge in [-0.2, -0.15) is 0 Å². The average Bonchev–Trinajstić information content (AvgIpc) is 2.86. The minimum atomic E-state index is -1.02. The summed E-state index contributed by atoms with van der Waals surface area (Å²) in [6.45, 7) is 3.68. The largest absolute Gasteiger partial charge is 0.480 e. The fourth-order valence-electron chi connectivity index (χ4n) is 2.24.